The normalized spacial score (nSPS) is 9.21. The summed E-state index contributed by atoms with van der Waals surface area (Å²) in [4.78, 5) is 18.5. The van der Waals surface area contributed by atoms with Crippen LogP contribution in [0.4, 0.5) is 0 Å². The van der Waals surface area contributed by atoms with Crippen LogP contribution < -0.4 is 5.56 Å². The minimum atomic E-state index is -0.393. The quantitative estimate of drug-likeness (QED) is 0.851. The Balaban J connectivity index is 0.000000861. The lowest BCUT2D eigenvalue weighted by Gasteiger charge is -2.03. The maximum atomic E-state index is 11.6. The highest BCUT2D eigenvalue weighted by Crippen LogP contribution is 2.14. The maximum absolute atomic E-state index is 11.6. The maximum Gasteiger partial charge on any atom is 0.269 e. The first-order chi connectivity index (χ1) is 9.11. The van der Waals surface area contributed by atoms with E-state index < -0.39 is 5.56 Å². The molecule has 1 N–H and O–H groups in total. The second-order valence-electron chi connectivity index (χ2n) is 3.85. The van der Waals surface area contributed by atoms with Crippen molar-refractivity contribution in [3.63, 3.8) is 0 Å². The van der Waals surface area contributed by atoms with Crippen LogP contribution in [0.2, 0.25) is 0 Å². The van der Waals surface area contributed by atoms with Crippen molar-refractivity contribution >= 4 is 0 Å². The van der Waals surface area contributed by atoms with Crippen LogP contribution >= 0.6 is 0 Å². The van der Waals surface area contributed by atoms with Gasteiger partial charge in [-0.3, -0.25) is 4.79 Å². The number of hydrogen-bond acceptors (Lipinski definition) is 3. The first-order valence-corrected chi connectivity index (χ1v) is 6.20. The molecule has 0 bridgehead atoms. The van der Waals surface area contributed by atoms with Gasteiger partial charge in [-0.1, -0.05) is 43.7 Å². The molecule has 0 aliphatic heterocycles. The smallest absolute Gasteiger partial charge is 0.269 e. The Hall–Kier alpha value is -2.41. The van der Waals surface area contributed by atoms with Crippen LogP contribution in [0, 0.1) is 25.2 Å². The molecule has 0 spiro atoms. The number of aryl methyl sites for hydroxylation is 2. The monoisotopic (exact) mass is 255 g/mol. The van der Waals surface area contributed by atoms with E-state index in [2.05, 4.69) is 9.97 Å². The van der Waals surface area contributed by atoms with Gasteiger partial charge in [0, 0.05) is 5.56 Å². The second-order valence-corrected chi connectivity index (χ2v) is 3.85. The fourth-order valence-electron chi connectivity index (χ4n) is 1.57. The molecule has 98 valence electrons. The lowest BCUT2D eigenvalue weighted by atomic mass is 10.1. The lowest BCUT2D eigenvalue weighted by Crippen LogP contribution is -2.15. The van der Waals surface area contributed by atoms with Crippen molar-refractivity contribution in [3.8, 4) is 17.5 Å². The fourth-order valence-corrected chi connectivity index (χ4v) is 1.57. The van der Waals surface area contributed by atoms with E-state index in [1.54, 1.807) is 6.92 Å². The molecular formula is C15H17N3O. The zero-order valence-electron chi connectivity index (χ0n) is 11.6. The summed E-state index contributed by atoms with van der Waals surface area (Å²) in [7, 11) is 0. The molecule has 0 saturated heterocycles. The Labute approximate surface area is 112 Å². The molecule has 0 radical (unpaired) electrons. The number of rotatable bonds is 1. The van der Waals surface area contributed by atoms with E-state index in [9.17, 15) is 4.79 Å². The highest BCUT2D eigenvalue weighted by atomic mass is 16.1. The summed E-state index contributed by atoms with van der Waals surface area (Å²) >= 11 is 0. The van der Waals surface area contributed by atoms with Gasteiger partial charge in [-0.25, -0.2) is 4.98 Å². The number of benzene rings is 1. The van der Waals surface area contributed by atoms with E-state index in [0.717, 1.165) is 11.1 Å². The molecule has 4 heteroatoms. The van der Waals surface area contributed by atoms with Crippen molar-refractivity contribution in [1.29, 1.82) is 5.26 Å². The highest BCUT2D eigenvalue weighted by Gasteiger charge is 2.08. The Morgan fingerprint density at radius 2 is 1.74 bits per heavy atom. The standard InChI is InChI=1S/C13H11N3O.C2H6/c1-8-3-5-10(6-4-8)12-15-9(2)11(7-14)13(17)16-12;1-2/h3-6H,1-2H3,(H,15,16,17);1-2H3. The molecule has 0 unspecified atom stereocenters. The largest absolute Gasteiger partial charge is 0.305 e. The highest BCUT2D eigenvalue weighted by molar-refractivity contribution is 5.56. The van der Waals surface area contributed by atoms with E-state index >= 15 is 0 Å². The number of nitriles is 1. The molecule has 0 aliphatic rings. The van der Waals surface area contributed by atoms with Crippen molar-refractivity contribution in [1.82, 2.24) is 9.97 Å². The molecule has 0 fully saturated rings. The van der Waals surface area contributed by atoms with E-state index in [-0.39, 0.29) is 5.56 Å². The first kappa shape index (κ1) is 14.7. The SMILES string of the molecule is CC.Cc1ccc(-c2nc(C)c(C#N)c(=O)[nH]2)cc1. The van der Waals surface area contributed by atoms with Crippen LogP contribution in [0.3, 0.4) is 0 Å². The summed E-state index contributed by atoms with van der Waals surface area (Å²) in [6.07, 6.45) is 0. The van der Waals surface area contributed by atoms with Gasteiger partial charge in [0.25, 0.3) is 5.56 Å². The third-order valence-corrected chi connectivity index (χ3v) is 2.54. The number of nitrogens with zero attached hydrogens (tertiary/aromatic N) is 2. The van der Waals surface area contributed by atoms with Crippen LogP contribution in [0.25, 0.3) is 11.4 Å². The van der Waals surface area contributed by atoms with Crippen molar-refractivity contribution in [2.24, 2.45) is 0 Å². The lowest BCUT2D eigenvalue weighted by molar-refractivity contribution is 1.06. The molecule has 2 aromatic rings. The predicted molar refractivity (Wildman–Crippen MR) is 75.8 cm³/mol. The van der Waals surface area contributed by atoms with Crippen molar-refractivity contribution in [3.05, 3.63) is 51.4 Å². The molecule has 1 aromatic carbocycles. The minimum Gasteiger partial charge on any atom is -0.305 e. The Morgan fingerprint density at radius 3 is 2.21 bits per heavy atom. The summed E-state index contributed by atoms with van der Waals surface area (Å²) in [6, 6.07) is 9.52. The Morgan fingerprint density at radius 1 is 1.16 bits per heavy atom. The predicted octanol–water partition coefficient (Wildman–Crippen LogP) is 2.95. The summed E-state index contributed by atoms with van der Waals surface area (Å²) in [5.41, 5.74) is 2.10. The number of aromatic amines is 1. The molecule has 19 heavy (non-hydrogen) atoms. The van der Waals surface area contributed by atoms with E-state index in [4.69, 9.17) is 5.26 Å². The molecule has 0 saturated carbocycles. The number of aromatic nitrogens is 2. The molecule has 1 heterocycles. The first-order valence-electron chi connectivity index (χ1n) is 6.20. The van der Waals surface area contributed by atoms with Gasteiger partial charge in [-0.15, -0.1) is 0 Å². The number of nitrogens with one attached hydrogen (secondary N) is 1. The molecule has 0 amide bonds. The van der Waals surface area contributed by atoms with E-state index in [1.807, 2.05) is 51.1 Å². The van der Waals surface area contributed by atoms with Crippen molar-refractivity contribution in [2.75, 3.05) is 0 Å². The van der Waals surface area contributed by atoms with E-state index in [0.29, 0.717) is 11.5 Å². The third-order valence-electron chi connectivity index (χ3n) is 2.54. The topological polar surface area (TPSA) is 69.5 Å². The average Bonchev–Trinajstić information content (AvgIpc) is 2.41. The van der Waals surface area contributed by atoms with Gasteiger partial charge >= 0.3 is 0 Å². The fraction of sp³-hybridized carbons (Fsp3) is 0.267. The summed E-state index contributed by atoms with van der Waals surface area (Å²) < 4.78 is 0. The van der Waals surface area contributed by atoms with Gasteiger partial charge in [0.2, 0.25) is 0 Å². The molecule has 4 nitrogen and oxygen atoms in total. The second kappa shape index (κ2) is 6.50. The Kier molecular flexibility index (Phi) is 5.01. The zero-order chi connectivity index (χ0) is 14.4. The van der Waals surface area contributed by atoms with Crippen molar-refractivity contribution in [2.45, 2.75) is 27.7 Å². The van der Waals surface area contributed by atoms with Gasteiger partial charge in [0.1, 0.15) is 17.5 Å². The number of hydrogen-bond donors (Lipinski definition) is 1. The molecule has 2 rings (SSSR count). The van der Waals surface area contributed by atoms with Crippen LogP contribution in [-0.2, 0) is 0 Å². The average molecular weight is 255 g/mol. The van der Waals surface area contributed by atoms with E-state index in [1.165, 1.54) is 0 Å². The van der Waals surface area contributed by atoms with Gasteiger partial charge in [-0.2, -0.15) is 5.26 Å². The molecular weight excluding hydrogens is 238 g/mol. The molecule has 0 atom stereocenters. The van der Waals surface area contributed by atoms with Crippen LogP contribution in [0.1, 0.15) is 30.7 Å². The Bertz CT molecular complexity index is 649. The van der Waals surface area contributed by atoms with Gasteiger partial charge in [0.15, 0.2) is 0 Å². The van der Waals surface area contributed by atoms with Gasteiger partial charge in [0.05, 0.1) is 5.69 Å². The number of H-pyrrole nitrogens is 1. The molecule has 0 aliphatic carbocycles. The summed E-state index contributed by atoms with van der Waals surface area (Å²) in [5, 5.41) is 8.79. The third kappa shape index (κ3) is 3.29. The summed E-state index contributed by atoms with van der Waals surface area (Å²) in [6.45, 7) is 7.65. The van der Waals surface area contributed by atoms with Crippen LogP contribution in [0.15, 0.2) is 29.1 Å². The summed E-state index contributed by atoms with van der Waals surface area (Å²) in [5.74, 6) is 0.492. The molecule has 1 aromatic heterocycles. The van der Waals surface area contributed by atoms with Crippen LogP contribution in [0.5, 0.6) is 0 Å². The van der Waals surface area contributed by atoms with Crippen molar-refractivity contribution < 1.29 is 0 Å². The van der Waals surface area contributed by atoms with Gasteiger partial charge < -0.3 is 4.98 Å². The minimum absolute atomic E-state index is 0.0702. The zero-order valence-corrected chi connectivity index (χ0v) is 11.6. The van der Waals surface area contributed by atoms with Gasteiger partial charge in [-0.05, 0) is 13.8 Å². The van der Waals surface area contributed by atoms with Crippen LogP contribution in [-0.4, -0.2) is 9.97 Å².